The lowest BCUT2D eigenvalue weighted by molar-refractivity contribution is 0.103. The van der Waals surface area contributed by atoms with Gasteiger partial charge >= 0.3 is 0 Å². The smallest absolute Gasteiger partial charge is 0.247 e. The van der Waals surface area contributed by atoms with Crippen molar-refractivity contribution < 1.29 is 18.3 Å². The highest BCUT2D eigenvalue weighted by Gasteiger charge is 2.37. The molecule has 8 heteroatoms. The number of likely N-dealkylation sites (N-methyl/N-ethyl adjacent to an activating group) is 1. The van der Waals surface area contributed by atoms with Crippen molar-refractivity contribution in [3.63, 3.8) is 0 Å². The van der Waals surface area contributed by atoms with Gasteiger partial charge in [0, 0.05) is 30.6 Å². The second-order valence-corrected chi connectivity index (χ2v) is 9.36. The van der Waals surface area contributed by atoms with Crippen LogP contribution in [0.2, 0.25) is 0 Å². The fourth-order valence-corrected chi connectivity index (χ4v) is 4.87. The third-order valence-corrected chi connectivity index (χ3v) is 6.72. The molecule has 0 unspecified atom stereocenters. The van der Waals surface area contributed by atoms with Crippen molar-refractivity contribution in [2.45, 2.75) is 30.9 Å². The summed E-state index contributed by atoms with van der Waals surface area (Å²) in [6, 6.07) is 4.42. The van der Waals surface area contributed by atoms with Crippen LogP contribution in [0, 0.1) is 17.8 Å². The van der Waals surface area contributed by atoms with Crippen LogP contribution in [0.25, 0.3) is 0 Å². The minimum absolute atomic E-state index is 0.0622. The number of fused-ring (bicyclic) bond motifs is 1. The van der Waals surface area contributed by atoms with Gasteiger partial charge in [-0.2, -0.15) is 4.31 Å². The molecular weight excluding hydrogens is 378 g/mol. The molecule has 1 aromatic rings. The normalized spacial score (nSPS) is 23.0. The van der Waals surface area contributed by atoms with Crippen LogP contribution in [0.3, 0.4) is 0 Å². The van der Waals surface area contributed by atoms with Crippen molar-refractivity contribution in [3.05, 3.63) is 23.8 Å². The van der Waals surface area contributed by atoms with Crippen LogP contribution in [0.5, 0.6) is 5.75 Å². The van der Waals surface area contributed by atoms with Gasteiger partial charge in [0.25, 0.3) is 0 Å². The summed E-state index contributed by atoms with van der Waals surface area (Å²) in [6.45, 7) is 4.89. The lowest BCUT2D eigenvalue weighted by Gasteiger charge is -2.36. The number of nitrogens with one attached hydrogen (secondary N) is 1. The van der Waals surface area contributed by atoms with E-state index >= 15 is 0 Å². The van der Waals surface area contributed by atoms with E-state index in [0.29, 0.717) is 24.4 Å². The predicted octanol–water partition coefficient (Wildman–Crippen LogP) is 0.588. The van der Waals surface area contributed by atoms with Crippen molar-refractivity contribution in [2.24, 2.45) is 5.92 Å². The number of aliphatic hydroxyl groups excluding tert-OH is 1. The molecule has 0 aromatic heterocycles. The van der Waals surface area contributed by atoms with Gasteiger partial charge in [-0.15, -0.1) is 0 Å². The van der Waals surface area contributed by atoms with Gasteiger partial charge in [0.1, 0.15) is 16.7 Å². The summed E-state index contributed by atoms with van der Waals surface area (Å²) >= 11 is 0. The Morgan fingerprint density at radius 3 is 2.75 bits per heavy atom. The van der Waals surface area contributed by atoms with Crippen LogP contribution in [0.4, 0.5) is 0 Å². The molecule has 0 fully saturated rings. The zero-order valence-corrected chi connectivity index (χ0v) is 18.1. The van der Waals surface area contributed by atoms with Crippen LogP contribution in [-0.2, 0) is 10.0 Å². The van der Waals surface area contributed by atoms with Crippen molar-refractivity contribution in [2.75, 3.05) is 47.4 Å². The molecule has 0 saturated carbocycles. The Bertz CT molecular complexity index is 830. The average molecular weight is 410 g/mol. The number of rotatable bonds is 5. The molecule has 0 radical (unpaired) electrons. The van der Waals surface area contributed by atoms with E-state index in [4.69, 9.17) is 4.74 Å². The van der Waals surface area contributed by atoms with Gasteiger partial charge in [-0.3, -0.25) is 4.90 Å². The van der Waals surface area contributed by atoms with E-state index in [9.17, 15) is 13.5 Å². The molecule has 0 aliphatic carbocycles. The summed E-state index contributed by atoms with van der Waals surface area (Å²) in [7, 11) is 1.90. The second kappa shape index (κ2) is 9.72. The molecule has 1 aliphatic heterocycles. The number of aliphatic hydroxyl groups is 1. The van der Waals surface area contributed by atoms with Gasteiger partial charge in [0.15, 0.2) is 0 Å². The molecule has 0 bridgehead atoms. The first-order valence-electron chi connectivity index (χ1n) is 9.42. The lowest BCUT2D eigenvalue weighted by atomic mass is 10.0. The summed E-state index contributed by atoms with van der Waals surface area (Å²) in [6.07, 6.45) is -0.211. The Morgan fingerprint density at radius 2 is 2.14 bits per heavy atom. The van der Waals surface area contributed by atoms with Crippen molar-refractivity contribution in [1.82, 2.24) is 14.5 Å². The largest absolute Gasteiger partial charge is 0.487 e. The van der Waals surface area contributed by atoms with Gasteiger partial charge in [0.2, 0.25) is 10.0 Å². The maximum absolute atomic E-state index is 13.3. The Labute approximate surface area is 168 Å². The molecule has 28 heavy (non-hydrogen) atoms. The Morgan fingerprint density at radius 1 is 1.43 bits per heavy atom. The molecule has 3 atom stereocenters. The summed E-state index contributed by atoms with van der Waals surface area (Å²) < 4.78 is 34.1. The van der Waals surface area contributed by atoms with E-state index in [1.807, 2.05) is 33.0 Å². The van der Waals surface area contributed by atoms with Crippen molar-refractivity contribution in [1.29, 1.82) is 0 Å². The average Bonchev–Trinajstić information content (AvgIpc) is 2.63. The van der Waals surface area contributed by atoms with Crippen molar-refractivity contribution in [3.8, 4) is 17.6 Å². The molecule has 1 aromatic carbocycles. The SMILES string of the molecule is CNC[C@H]1Oc2cc(C#CCN(C)C)ccc2S(=O)(=O)N([C@H](C)CO)C[C@@H]1C. The molecule has 2 N–H and O–H groups in total. The first kappa shape index (κ1) is 22.7. The molecule has 0 spiro atoms. The van der Waals surface area contributed by atoms with Crippen LogP contribution in [-0.4, -0.2) is 82.3 Å². The molecule has 1 heterocycles. The Hall–Kier alpha value is -1.63. The first-order chi connectivity index (χ1) is 13.2. The standard InChI is InChI=1S/C20H31N3O4S/c1-15-13-23(16(2)14-24)28(25,26)20-9-8-17(7-6-10-22(4)5)11-18(20)27-19(15)12-21-3/h8-9,11,15-16,19,21,24H,10,12-14H2,1-5H3/t15-,16+,19+/m0/s1. The van der Waals surface area contributed by atoms with E-state index in [2.05, 4.69) is 17.2 Å². The first-order valence-corrected chi connectivity index (χ1v) is 10.9. The van der Waals surface area contributed by atoms with E-state index < -0.39 is 16.1 Å². The van der Waals surface area contributed by atoms with Gasteiger partial charge in [-0.05, 0) is 46.3 Å². The topological polar surface area (TPSA) is 82.1 Å². The van der Waals surface area contributed by atoms with E-state index in [1.54, 1.807) is 25.1 Å². The highest BCUT2D eigenvalue weighted by atomic mass is 32.2. The summed E-state index contributed by atoms with van der Waals surface area (Å²) in [5.74, 6) is 6.35. The molecule has 156 valence electrons. The Balaban J connectivity index is 2.54. The number of benzene rings is 1. The molecular formula is C20H31N3O4S. The van der Waals surface area contributed by atoms with Crippen molar-refractivity contribution >= 4 is 10.0 Å². The minimum atomic E-state index is -3.80. The third kappa shape index (κ3) is 5.25. The molecule has 1 aliphatic rings. The zero-order chi connectivity index (χ0) is 20.9. The van der Waals surface area contributed by atoms with Crippen LogP contribution in [0.1, 0.15) is 19.4 Å². The number of hydrogen-bond acceptors (Lipinski definition) is 6. The highest BCUT2D eigenvalue weighted by molar-refractivity contribution is 7.89. The molecule has 2 rings (SSSR count). The summed E-state index contributed by atoms with van der Waals surface area (Å²) in [4.78, 5) is 2.07. The second-order valence-electron chi connectivity index (χ2n) is 7.50. The molecule has 0 amide bonds. The molecule has 7 nitrogen and oxygen atoms in total. The van der Waals surface area contributed by atoms with Gasteiger partial charge in [-0.1, -0.05) is 18.8 Å². The van der Waals surface area contributed by atoms with Crippen LogP contribution in [0.15, 0.2) is 23.1 Å². The third-order valence-electron chi connectivity index (χ3n) is 4.70. The van der Waals surface area contributed by atoms with E-state index in [1.165, 1.54) is 4.31 Å². The quantitative estimate of drug-likeness (QED) is 0.693. The van der Waals surface area contributed by atoms with Crippen LogP contribution < -0.4 is 10.1 Å². The maximum Gasteiger partial charge on any atom is 0.247 e. The predicted molar refractivity (Wildman–Crippen MR) is 110 cm³/mol. The molecule has 0 saturated heterocycles. The number of ether oxygens (including phenoxy) is 1. The number of nitrogens with zero attached hydrogens (tertiary/aromatic N) is 2. The maximum atomic E-state index is 13.3. The fraction of sp³-hybridized carbons (Fsp3) is 0.600. The number of hydrogen-bond donors (Lipinski definition) is 2. The van der Waals surface area contributed by atoms with Gasteiger partial charge < -0.3 is 15.2 Å². The summed E-state index contributed by atoms with van der Waals surface area (Å²) in [5.41, 5.74) is 0.703. The zero-order valence-electron chi connectivity index (χ0n) is 17.3. The number of sulfonamides is 1. The minimum Gasteiger partial charge on any atom is -0.487 e. The van der Waals surface area contributed by atoms with E-state index in [0.717, 1.165) is 0 Å². The Kier molecular flexibility index (Phi) is 7.87. The van der Waals surface area contributed by atoms with E-state index in [-0.39, 0.29) is 30.1 Å². The lowest BCUT2D eigenvalue weighted by Crippen LogP contribution is -2.49. The van der Waals surface area contributed by atoms with Gasteiger partial charge in [-0.25, -0.2) is 8.42 Å². The fourth-order valence-electron chi connectivity index (χ4n) is 3.05. The monoisotopic (exact) mass is 409 g/mol. The highest BCUT2D eigenvalue weighted by Crippen LogP contribution is 2.33. The van der Waals surface area contributed by atoms with Gasteiger partial charge in [0.05, 0.1) is 13.2 Å². The van der Waals surface area contributed by atoms with Crippen LogP contribution >= 0.6 is 0 Å². The summed E-state index contributed by atoms with van der Waals surface area (Å²) in [5, 5.41) is 12.7.